The SMILES string of the molecule is Fc1ccc(-c2ccccn2)c(F)c1.Fc1ccc(-c2ccccn2)c(F)c1.[Cl][Ir]([Cl])[Cl]. The predicted octanol–water partition coefficient (Wildman–Crippen LogP) is 8.12. The van der Waals surface area contributed by atoms with E-state index in [1.54, 1.807) is 48.8 Å². The Kier molecular flexibility index (Phi) is 11.1. The molecule has 2 aromatic heterocycles. The molecule has 4 aromatic rings. The van der Waals surface area contributed by atoms with E-state index in [1.165, 1.54) is 24.3 Å². The first-order valence-corrected chi connectivity index (χ1v) is 17.6. The van der Waals surface area contributed by atoms with Gasteiger partial charge in [-0.15, -0.1) is 0 Å². The molecule has 170 valence electrons. The van der Waals surface area contributed by atoms with Crippen molar-refractivity contribution in [1.82, 2.24) is 9.97 Å². The first kappa shape index (κ1) is 26.2. The summed E-state index contributed by atoms with van der Waals surface area (Å²) in [5, 5.41) is 0. The van der Waals surface area contributed by atoms with Crippen LogP contribution in [-0.2, 0) is 13.5 Å². The second kappa shape index (κ2) is 13.5. The molecule has 0 aliphatic heterocycles. The zero-order chi connectivity index (χ0) is 23.5. The van der Waals surface area contributed by atoms with Crippen molar-refractivity contribution in [3.05, 3.63) is 108 Å². The summed E-state index contributed by atoms with van der Waals surface area (Å²) < 4.78 is 51.7. The number of halogens is 7. The molecule has 32 heavy (non-hydrogen) atoms. The van der Waals surface area contributed by atoms with Crippen LogP contribution in [0.3, 0.4) is 0 Å². The number of nitrogens with zero attached hydrogens (tertiary/aromatic N) is 2. The monoisotopic (exact) mass is 680 g/mol. The van der Waals surface area contributed by atoms with E-state index < -0.39 is 36.7 Å². The van der Waals surface area contributed by atoms with Gasteiger partial charge in [-0.1, -0.05) is 12.1 Å². The van der Waals surface area contributed by atoms with Crippen molar-refractivity contribution in [3.8, 4) is 22.5 Å². The van der Waals surface area contributed by atoms with E-state index in [4.69, 9.17) is 28.8 Å². The van der Waals surface area contributed by atoms with Gasteiger partial charge in [-0.3, -0.25) is 9.97 Å². The van der Waals surface area contributed by atoms with Crippen molar-refractivity contribution < 1.29 is 31.0 Å². The molecule has 0 fully saturated rings. The third kappa shape index (κ3) is 8.85. The van der Waals surface area contributed by atoms with Gasteiger partial charge in [0.2, 0.25) is 0 Å². The quantitative estimate of drug-likeness (QED) is 0.200. The van der Waals surface area contributed by atoms with Gasteiger partial charge in [0, 0.05) is 35.7 Å². The number of hydrogen-bond donors (Lipinski definition) is 0. The van der Waals surface area contributed by atoms with Crippen molar-refractivity contribution in [2.45, 2.75) is 0 Å². The summed E-state index contributed by atoms with van der Waals surface area (Å²) in [4.78, 5) is 7.95. The van der Waals surface area contributed by atoms with Crippen LogP contribution in [0.15, 0.2) is 85.2 Å². The first-order chi connectivity index (χ1) is 15.3. The zero-order valence-electron chi connectivity index (χ0n) is 16.0. The van der Waals surface area contributed by atoms with Crippen molar-refractivity contribution in [3.63, 3.8) is 0 Å². The van der Waals surface area contributed by atoms with Crippen LogP contribution >= 0.6 is 28.8 Å². The molecule has 2 nitrogen and oxygen atoms in total. The molecular weight excluding hydrogens is 667 g/mol. The van der Waals surface area contributed by atoms with Crippen LogP contribution in [0.1, 0.15) is 0 Å². The Bertz CT molecular complexity index is 1030. The van der Waals surface area contributed by atoms with Crippen molar-refractivity contribution in [2.75, 3.05) is 0 Å². The topological polar surface area (TPSA) is 25.8 Å². The Morgan fingerprint density at radius 1 is 0.562 bits per heavy atom. The second-order valence-corrected chi connectivity index (χ2v) is 16.2. The molecule has 0 aliphatic rings. The molecule has 0 N–H and O–H groups in total. The summed E-state index contributed by atoms with van der Waals surface area (Å²) in [6.45, 7) is 0. The van der Waals surface area contributed by atoms with E-state index in [2.05, 4.69) is 9.97 Å². The van der Waals surface area contributed by atoms with Crippen LogP contribution in [0.25, 0.3) is 22.5 Å². The molecule has 0 amide bonds. The number of hydrogen-bond acceptors (Lipinski definition) is 2. The maximum atomic E-state index is 13.3. The van der Waals surface area contributed by atoms with Crippen molar-refractivity contribution in [1.29, 1.82) is 0 Å². The van der Waals surface area contributed by atoms with Crippen LogP contribution in [-0.4, -0.2) is 9.97 Å². The van der Waals surface area contributed by atoms with Crippen LogP contribution in [0, 0.1) is 23.3 Å². The van der Waals surface area contributed by atoms with Gasteiger partial charge in [-0.05, 0) is 48.5 Å². The van der Waals surface area contributed by atoms with E-state index in [-0.39, 0.29) is 0 Å². The Labute approximate surface area is 200 Å². The third-order valence-electron chi connectivity index (χ3n) is 3.74. The molecule has 0 spiro atoms. The number of pyridine rings is 2. The number of benzene rings is 2. The van der Waals surface area contributed by atoms with E-state index in [0.29, 0.717) is 22.5 Å². The number of aromatic nitrogens is 2. The van der Waals surface area contributed by atoms with Gasteiger partial charge >= 0.3 is 42.2 Å². The molecule has 0 saturated heterocycles. The average Bonchev–Trinajstić information content (AvgIpc) is 2.75. The standard InChI is InChI=1S/2C11H7F2N.3ClH.Ir/c2*12-8-4-5-9(10(13)7-8)11-3-1-2-6-14-11;;;;/h2*1-7H;3*1H;/q;;;;;+3/p-3. The Morgan fingerprint density at radius 2 is 0.938 bits per heavy atom. The normalized spacial score (nSPS) is 10.3. The Morgan fingerprint density at radius 3 is 1.22 bits per heavy atom. The minimum absolute atomic E-state index is 0.312. The Balaban J connectivity index is 0.000000195. The zero-order valence-corrected chi connectivity index (χ0v) is 20.6. The van der Waals surface area contributed by atoms with Crippen LogP contribution in [0.2, 0.25) is 0 Å². The summed E-state index contributed by atoms with van der Waals surface area (Å²) in [5.74, 6) is -2.35. The molecule has 10 heteroatoms. The first-order valence-electron chi connectivity index (χ1n) is 8.65. The van der Waals surface area contributed by atoms with Gasteiger partial charge in [0.1, 0.15) is 23.3 Å². The van der Waals surface area contributed by atoms with Gasteiger partial charge in [0.15, 0.2) is 0 Å². The molecular formula is C22H14Cl3F4IrN2. The van der Waals surface area contributed by atoms with Crippen molar-refractivity contribution in [2.24, 2.45) is 0 Å². The van der Waals surface area contributed by atoms with E-state index in [0.717, 1.165) is 12.1 Å². The Hall–Kier alpha value is -2.02. The van der Waals surface area contributed by atoms with Crippen LogP contribution < -0.4 is 0 Å². The molecule has 4 rings (SSSR count). The van der Waals surface area contributed by atoms with E-state index in [9.17, 15) is 17.6 Å². The van der Waals surface area contributed by atoms with Crippen LogP contribution in [0.4, 0.5) is 17.6 Å². The summed E-state index contributed by atoms with van der Waals surface area (Å²) in [5.41, 5.74) is 1.63. The van der Waals surface area contributed by atoms with Gasteiger partial charge in [0.05, 0.1) is 11.4 Å². The molecule has 0 radical (unpaired) electrons. The fourth-order valence-corrected chi connectivity index (χ4v) is 2.44. The minimum atomic E-state index is -1.92. The summed E-state index contributed by atoms with van der Waals surface area (Å²) in [7, 11) is 14.9. The van der Waals surface area contributed by atoms with Gasteiger partial charge in [0.25, 0.3) is 0 Å². The fourth-order valence-electron chi connectivity index (χ4n) is 2.44. The predicted molar refractivity (Wildman–Crippen MR) is 117 cm³/mol. The third-order valence-corrected chi connectivity index (χ3v) is 3.74. The maximum absolute atomic E-state index is 13.3. The van der Waals surface area contributed by atoms with Gasteiger partial charge in [-0.25, -0.2) is 17.6 Å². The second-order valence-electron chi connectivity index (χ2n) is 5.82. The van der Waals surface area contributed by atoms with Crippen LogP contribution in [0.5, 0.6) is 0 Å². The molecule has 0 aliphatic carbocycles. The summed E-state index contributed by atoms with van der Waals surface area (Å²) >= 11 is -1.92. The van der Waals surface area contributed by atoms with E-state index >= 15 is 0 Å². The molecule has 2 heterocycles. The molecule has 0 atom stereocenters. The van der Waals surface area contributed by atoms with E-state index in [1.807, 2.05) is 0 Å². The molecule has 0 saturated carbocycles. The molecule has 2 aromatic carbocycles. The average molecular weight is 681 g/mol. The molecule has 0 unspecified atom stereocenters. The fraction of sp³-hybridized carbons (Fsp3) is 0. The van der Waals surface area contributed by atoms with Gasteiger partial charge < -0.3 is 0 Å². The van der Waals surface area contributed by atoms with Gasteiger partial charge in [-0.2, -0.15) is 0 Å². The summed E-state index contributed by atoms with van der Waals surface area (Å²) in [6.07, 6.45) is 3.14. The number of rotatable bonds is 2. The summed E-state index contributed by atoms with van der Waals surface area (Å²) in [6, 6.07) is 17.2. The molecule has 0 bridgehead atoms. The van der Waals surface area contributed by atoms with Crippen molar-refractivity contribution >= 4 is 28.8 Å².